The van der Waals surface area contributed by atoms with Crippen LogP contribution in [-0.2, 0) is 0 Å². The van der Waals surface area contributed by atoms with Crippen molar-refractivity contribution in [3.8, 4) is 0 Å². The quantitative estimate of drug-likeness (QED) is 0.674. The van der Waals surface area contributed by atoms with Gasteiger partial charge in [-0.05, 0) is 18.9 Å². The number of aromatic nitrogens is 2. The maximum Gasteiger partial charge on any atom is 0.272 e. The van der Waals surface area contributed by atoms with E-state index in [4.69, 9.17) is 18.0 Å². The Hall–Kier alpha value is -1.76. The molecule has 0 radical (unpaired) electrons. The van der Waals surface area contributed by atoms with Gasteiger partial charge in [0.2, 0.25) is 0 Å². The number of aromatic amines is 1. The van der Waals surface area contributed by atoms with Crippen LogP contribution in [0, 0.1) is 0 Å². The molecule has 1 aromatic heterocycles. The number of carbonyl (C=O) groups excluding carboxylic acids is 1. The third kappa shape index (κ3) is 2.40. The zero-order valence-electron chi connectivity index (χ0n) is 9.73. The van der Waals surface area contributed by atoms with Crippen molar-refractivity contribution in [3.05, 3.63) is 28.2 Å². The normalized spacial score (nSPS) is 17.3. The first-order valence-electron chi connectivity index (χ1n) is 5.72. The van der Waals surface area contributed by atoms with Gasteiger partial charge in [-0.2, -0.15) is 5.10 Å². The third-order valence-corrected chi connectivity index (χ3v) is 3.58. The van der Waals surface area contributed by atoms with Crippen LogP contribution in [-0.4, -0.2) is 26.6 Å². The highest BCUT2D eigenvalue weighted by Gasteiger charge is 2.38. The summed E-state index contributed by atoms with van der Waals surface area (Å²) in [5.41, 5.74) is 4.91. The third-order valence-electron chi connectivity index (χ3n) is 3.19. The lowest BCUT2D eigenvalue weighted by molar-refractivity contribution is 0.0918. The van der Waals surface area contributed by atoms with Gasteiger partial charge in [-0.15, -0.1) is 0 Å². The van der Waals surface area contributed by atoms with Crippen molar-refractivity contribution in [2.45, 2.75) is 31.2 Å². The van der Waals surface area contributed by atoms with E-state index in [0.717, 1.165) is 25.7 Å². The Kier molecular flexibility index (Phi) is 3.42. The smallest absolute Gasteiger partial charge is 0.272 e. The van der Waals surface area contributed by atoms with Crippen LogP contribution in [0.3, 0.4) is 0 Å². The predicted molar refractivity (Wildman–Crippen MR) is 70.3 cm³/mol. The van der Waals surface area contributed by atoms with Gasteiger partial charge in [0, 0.05) is 6.07 Å². The summed E-state index contributed by atoms with van der Waals surface area (Å²) >= 11 is 5.04. The molecule has 1 aliphatic rings. The number of nitrogens with zero attached hydrogens (tertiary/aromatic N) is 1. The number of H-pyrrole nitrogens is 1. The van der Waals surface area contributed by atoms with Crippen molar-refractivity contribution in [3.63, 3.8) is 0 Å². The fourth-order valence-corrected chi connectivity index (χ4v) is 2.42. The van der Waals surface area contributed by atoms with Crippen LogP contribution in [0.15, 0.2) is 16.9 Å². The van der Waals surface area contributed by atoms with Gasteiger partial charge in [0.25, 0.3) is 11.5 Å². The first-order chi connectivity index (χ1) is 8.53. The van der Waals surface area contributed by atoms with Crippen LogP contribution in [0.1, 0.15) is 36.2 Å². The second kappa shape index (κ2) is 4.85. The molecule has 96 valence electrons. The Bertz CT molecular complexity index is 514. The molecule has 1 aliphatic carbocycles. The summed E-state index contributed by atoms with van der Waals surface area (Å²) in [6.07, 6.45) is 3.46. The number of rotatable bonds is 3. The summed E-state index contributed by atoms with van der Waals surface area (Å²) in [5, 5.41) is 8.73. The maximum absolute atomic E-state index is 12.0. The molecule has 6 nitrogen and oxygen atoms in total. The molecule has 0 bridgehead atoms. The molecule has 1 heterocycles. The summed E-state index contributed by atoms with van der Waals surface area (Å²) < 4.78 is 0. The number of nitrogens with two attached hydrogens (primary N) is 1. The number of carbonyl (C=O) groups is 1. The SMILES string of the molecule is NC(=S)C1(NC(=O)c2ccc(=O)[nH]n2)CCCC1. The number of hydrogen-bond acceptors (Lipinski definition) is 4. The van der Waals surface area contributed by atoms with Crippen molar-refractivity contribution in [1.82, 2.24) is 15.5 Å². The molecule has 0 aliphatic heterocycles. The first-order valence-corrected chi connectivity index (χ1v) is 6.12. The molecule has 2 rings (SSSR count). The second-order valence-corrected chi connectivity index (χ2v) is 4.85. The van der Waals surface area contributed by atoms with Crippen LogP contribution in [0.2, 0.25) is 0 Å². The van der Waals surface area contributed by atoms with E-state index < -0.39 is 5.54 Å². The molecule has 0 aromatic carbocycles. The highest BCUT2D eigenvalue weighted by Crippen LogP contribution is 2.30. The van der Waals surface area contributed by atoms with Crippen molar-refractivity contribution < 1.29 is 4.79 Å². The topological polar surface area (TPSA) is 101 Å². The lowest BCUT2D eigenvalue weighted by Gasteiger charge is -2.28. The average Bonchev–Trinajstić information content (AvgIpc) is 2.79. The van der Waals surface area contributed by atoms with Crippen molar-refractivity contribution in [1.29, 1.82) is 0 Å². The number of nitrogens with one attached hydrogen (secondary N) is 2. The molecule has 1 fully saturated rings. The minimum Gasteiger partial charge on any atom is -0.391 e. The van der Waals surface area contributed by atoms with Crippen LogP contribution in [0.25, 0.3) is 0 Å². The van der Waals surface area contributed by atoms with Gasteiger partial charge in [0.1, 0.15) is 5.69 Å². The van der Waals surface area contributed by atoms with Gasteiger partial charge in [-0.1, -0.05) is 25.1 Å². The Morgan fingerprint density at radius 3 is 2.61 bits per heavy atom. The van der Waals surface area contributed by atoms with E-state index >= 15 is 0 Å². The summed E-state index contributed by atoms with van der Waals surface area (Å²) in [6.45, 7) is 0. The van der Waals surface area contributed by atoms with E-state index in [-0.39, 0.29) is 17.2 Å². The Morgan fingerprint density at radius 1 is 1.44 bits per heavy atom. The maximum atomic E-state index is 12.0. The van der Waals surface area contributed by atoms with Gasteiger partial charge < -0.3 is 11.1 Å². The zero-order valence-corrected chi connectivity index (χ0v) is 10.5. The van der Waals surface area contributed by atoms with Crippen LogP contribution in [0.5, 0.6) is 0 Å². The van der Waals surface area contributed by atoms with E-state index in [1.807, 2.05) is 0 Å². The molecule has 1 saturated carbocycles. The highest BCUT2D eigenvalue weighted by molar-refractivity contribution is 7.80. The fraction of sp³-hybridized carbons (Fsp3) is 0.455. The van der Waals surface area contributed by atoms with Crippen LogP contribution >= 0.6 is 12.2 Å². The minimum atomic E-state index is -0.607. The van der Waals surface area contributed by atoms with Gasteiger partial charge in [0.15, 0.2) is 0 Å². The van der Waals surface area contributed by atoms with Gasteiger partial charge >= 0.3 is 0 Å². The number of amides is 1. The van der Waals surface area contributed by atoms with Crippen molar-refractivity contribution >= 4 is 23.1 Å². The molecule has 0 unspecified atom stereocenters. The molecule has 1 aromatic rings. The molecule has 0 spiro atoms. The molecule has 1 amide bonds. The highest BCUT2D eigenvalue weighted by atomic mass is 32.1. The zero-order chi connectivity index (χ0) is 13.2. The van der Waals surface area contributed by atoms with Crippen LogP contribution in [0.4, 0.5) is 0 Å². The van der Waals surface area contributed by atoms with E-state index in [0.29, 0.717) is 4.99 Å². The lowest BCUT2D eigenvalue weighted by atomic mass is 9.97. The molecule has 7 heteroatoms. The summed E-state index contributed by atoms with van der Waals surface area (Å²) in [6, 6.07) is 2.63. The molecule has 18 heavy (non-hydrogen) atoms. The Labute approximate surface area is 109 Å². The minimum absolute atomic E-state index is 0.150. The summed E-state index contributed by atoms with van der Waals surface area (Å²) in [4.78, 5) is 23.2. The summed E-state index contributed by atoms with van der Waals surface area (Å²) in [7, 11) is 0. The standard InChI is InChI=1S/C11H14N4O2S/c12-10(18)11(5-1-2-6-11)13-9(17)7-3-4-8(16)15-14-7/h3-4H,1-2,5-6H2,(H2,12,18)(H,13,17)(H,15,16). The predicted octanol–water partition coefficient (Wildman–Crippen LogP) is 0.0986. The number of hydrogen-bond donors (Lipinski definition) is 3. The molecular formula is C11H14N4O2S. The van der Waals surface area contributed by atoms with Gasteiger partial charge in [-0.25, -0.2) is 5.10 Å². The Balaban J connectivity index is 2.17. The van der Waals surface area contributed by atoms with E-state index in [9.17, 15) is 9.59 Å². The van der Waals surface area contributed by atoms with E-state index in [2.05, 4.69) is 15.5 Å². The number of thiocarbonyl (C=S) groups is 1. The molecule has 0 saturated heterocycles. The molecule has 4 N–H and O–H groups in total. The molecular weight excluding hydrogens is 252 g/mol. The van der Waals surface area contributed by atoms with Gasteiger partial charge in [-0.3, -0.25) is 9.59 Å². The monoisotopic (exact) mass is 266 g/mol. The van der Waals surface area contributed by atoms with E-state index in [1.54, 1.807) is 0 Å². The van der Waals surface area contributed by atoms with Crippen LogP contribution < -0.4 is 16.6 Å². The van der Waals surface area contributed by atoms with Gasteiger partial charge in [0.05, 0.1) is 10.5 Å². The lowest BCUT2D eigenvalue weighted by Crippen LogP contribution is -2.55. The second-order valence-electron chi connectivity index (χ2n) is 4.41. The molecule has 0 atom stereocenters. The average molecular weight is 266 g/mol. The first kappa shape index (κ1) is 12.7. The Morgan fingerprint density at radius 2 is 2.11 bits per heavy atom. The largest absolute Gasteiger partial charge is 0.391 e. The fourth-order valence-electron chi connectivity index (χ4n) is 2.16. The van der Waals surface area contributed by atoms with Crippen molar-refractivity contribution in [2.75, 3.05) is 0 Å². The van der Waals surface area contributed by atoms with Crippen molar-refractivity contribution in [2.24, 2.45) is 5.73 Å². The van der Waals surface area contributed by atoms with E-state index in [1.165, 1.54) is 12.1 Å². The summed E-state index contributed by atoms with van der Waals surface area (Å²) in [5.74, 6) is -0.374.